The van der Waals surface area contributed by atoms with E-state index in [1.165, 1.54) is 5.56 Å². The maximum absolute atomic E-state index is 5.51. The normalized spacial score (nSPS) is 10.7. The predicted molar refractivity (Wildman–Crippen MR) is 103 cm³/mol. The number of allylic oxidation sites excluding steroid dienone is 1. The molecule has 2 rings (SSSR count). The van der Waals surface area contributed by atoms with E-state index in [0.29, 0.717) is 17.2 Å². The number of ether oxygens (including phenoxy) is 3. The topological polar surface area (TPSA) is 27.7 Å². The summed E-state index contributed by atoms with van der Waals surface area (Å²) in [4.78, 5) is 0.773. The van der Waals surface area contributed by atoms with Crippen molar-refractivity contribution in [1.82, 2.24) is 0 Å². The average Bonchev–Trinajstić information content (AvgIpc) is 2.64. The molecule has 0 saturated heterocycles. The summed E-state index contributed by atoms with van der Waals surface area (Å²) in [6.45, 7) is 2.14. The summed E-state index contributed by atoms with van der Waals surface area (Å²) in [5.74, 6) is 1.82. The van der Waals surface area contributed by atoms with Gasteiger partial charge in [0.2, 0.25) is 5.75 Å². The minimum atomic E-state index is 0.570. The van der Waals surface area contributed by atoms with Crippen LogP contribution in [0, 0.1) is 0 Å². The Morgan fingerprint density at radius 3 is 2.12 bits per heavy atom. The SMILES string of the molecule is CCc1ccc(C(=S)C=Cc2ccc(OC)c(OC)c2OC)cc1. The number of rotatable bonds is 7. The minimum absolute atomic E-state index is 0.570. The molecule has 0 heterocycles. The van der Waals surface area contributed by atoms with E-state index < -0.39 is 0 Å². The standard InChI is InChI=1S/C20H22O3S/c1-5-14-6-8-15(9-7-14)18(24)13-11-16-10-12-17(21-2)20(23-4)19(16)22-3/h6-13H,5H2,1-4H3. The van der Waals surface area contributed by atoms with E-state index in [4.69, 9.17) is 26.4 Å². The fourth-order valence-electron chi connectivity index (χ4n) is 2.42. The van der Waals surface area contributed by atoms with Crippen molar-refractivity contribution in [1.29, 1.82) is 0 Å². The molecule has 0 aliphatic rings. The molecule has 0 fully saturated rings. The van der Waals surface area contributed by atoms with Crippen molar-refractivity contribution in [2.45, 2.75) is 13.3 Å². The van der Waals surface area contributed by atoms with Crippen LogP contribution in [0.4, 0.5) is 0 Å². The smallest absolute Gasteiger partial charge is 0.203 e. The van der Waals surface area contributed by atoms with E-state index in [-0.39, 0.29) is 0 Å². The van der Waals surface area contributed by atoms with Crippen molar-refractivity contribution in [3.05, 3.63) is 59.2 Å². The molecular weight excluding hydrogens is 320 g/mol. The van der Waals surface area contributed by atoms with Crippen LogP contribution in [0.1, 0.15) is 23.6 Å². The largest absolute Gasteiger partial charge is 0.493 e. The monoisotopic (exact) mass is 342 g/mol. The Bertz CT molecular complexity index is 733. The first-order valence-electron chi connectivity index (χ1n) is 7.74. The quantitative estimate of drug-likeness (QED) is 0.414. The molecule has 0 aliphatic carbocycles. The van der Waals surface area contributed by atoms with Crippen LogP contribution in [0.25, 0.3) is 6.08 Å². The Balaban J connectivity index is 2.28. The highest BCUT2D eigenvalue weighted by molar-refractivity contribution is 7.81. The van der Waals surface area contributed by atoms with Crippen molar-refractivity contribution >= 4 is 23.2 Å². The summed E-state index contributed by atoms with van der Waals surface area (Å²) >= 11 is 5.51. The molecule has 2 aromatic rings. The lowest BCUT2D eigenvalue weighted by atomic mass is 10.1. The zero-order valence-corrected chi connectivity index (χ0v) is 15.3. The molecule has 4 heteroatoms. The van der Waals surface area contributed by atoms with Crippen LogP contribution >= 0.6 is 12.2 Å². The minimum Gasteiger partial charge on any atom is -0.493 e. The Morgan fingerprint density at radius 1 is 0.917 bits per heavy atom. The van der Waals surface area contributed by atoms with Crippen molar-refractivity contribution in [2.75, 3.05) is 21.3 Å². The van der Waals surface area contributed by atoms with Crippen LogP contribution < -0.4 is 14.2 Å². The van der Waals surface area contributed by atoms with E-state index in [0.717, 1.165) is 22.4 Å². The van der Waals surface area contributed by atoms with Crippen LogP contribution in [-0.4, -0.2) is 26.2 Å². The molecule has 0 N–H and O–H groups in total. The fraction of sp³-hybridized carbons (Fsp3) is 0.250. The van der Waals surface area contributed by atoms with Crippen LogP contribution in [-0.2, 0) is 6.42 Å². The third-order valence-corrected chi connectivity index (χ3v) is 4.17. The molecule has 0 radical (unpaired) electrons. The van der Waals surface area contributed by atoms with Gasteiger partial charge in [-0.15, -0.1) is 0 Å². The summed E-state index contributed by atoms with van der Waals surface area (Å²) in [6.07, 6.45) is 4.85. The van der Waals surface area contributed by atoms with Crippen LogP contribution in [0.5, 0.6) is 17.2 Å². The lowest BCUT2D eigenvalue weighted by Gasteiger charge is -2.14. The molecule has 0 amide bonds. The Hall–Kier alpha value is -2.33. The highest BCUT2D eigenvalue weighted by Crippen LogP contribution is 2.40. The summed E-state index contributed by atoms with van der Waals surface area (Å²) in [6, 6.07) is 12.1. The van der Waals surface area contributed by atoms with Gasteiger partial charge >= 0.3 is 0 Å². The number of aryl methyl sites for hydroxylation is 1. The maximum atomic E-state index is 5.51. The number of benzene rings is 2. The van der Waals surface area contributed by atoms with Gasteiger partial charge in [-0.25, -0.2) is 0 Å². The van der Waals surface area contributed by atoms with Gasteiger partial charge in [-0.05, 0) is 41.8 Å². The van der Waals surface area contributed by atoms with Gasteiger partial charge in [0.1, 0.15) is 0 Å². The second-order valence-corrected chi connectivity index (χ2v) is 5.61. The van der Waals surface area contributed by atoms with E-state index in [1.54, 1.807) is 21.3 Å². The molecule has 3 nitrogen and oxygen atoms in total. The highest BCUT2D eigenvalue weighted by Gasteiger charge is 2.14. The van der Waals surface area contributed by atoms with Crippen molar-refractivity contribution in [2.24, 2.45) is 0 Å². The zero-order valence-electron chi connectivity index (χ0n) is 14.5. The van der Waals surface area contributed by atoms with E-state index in [9.17, 15) is 0 Å². The molecule has 0 aliphatic heterocycles. The van der Waals surface area contributed by atoms with Gasteiger partial charge in [-0.1, -0.05) is 43.4 Å². The molecule has 2 aromatic carbocycles. The molecule has 0 unspecified atom stereocenters. The summed E-state index contributed by atoms with van der Waals surface area (Å²) in [5.41, 5.74) is 3.20. The van der Waals surface area contributed by atoms with Gasteiger partial charge in [0.05, 0.1) is 21.3 Å². The molecule has 0 spiro atoms. The average molecular weight is 342 g/mol. The van der Waals surface area contributed by atoms with Gasteiger partial charge in [0, 0.05) is 10.4 Å². The van der Waals surface area contributed by atoms with E-state index >= 15 is 0 Å². The van der Waals surface area contributed by atoms with Crippen LogP contribution in [0.2, 0.25) is 0 Å². The first kappa shape index (κ1) is 18.0. The molecule has 0 aromatic heterocycles. The first-order valence-corrected chi connectivity index (χ1v) is 8.15. The second-order valence-electron chi connectivity index (χ2n) is 5.17. The summed E-state index contributed by atoms with van der Waals surface area (Å²) in [5, 5.41) is 0. The zero-order chi connectivity index (χ0) is 17.5. The maximum Gasteiger partial charge on any atom is 0.203 e. The van der Waals surface area contributed by atoms with Gasteiger partial charge < -0.3 is 14.2 Å². The third kappa shape index (κ3) is 3.95. The highest BCUT2D eigenvalue weighted by atomic mass is 32.1. The summed E-state index contributed by atoms with van der Waals surface area (Å²) < 4.78 is 16.2. The van der Waals surface area contributed by atoms with Gasteiger partial charge in [0.15, 0.2) is 11.5 Å². The molecular formula is C20H22O3S. The van der Waals surface area contributed by atoms with Gasteiger partial charge in [0.25, 0.3) is 0 Å². The van der Waals surface area contributed by atoms with Crippen LogP contribution in [0.3, 0.4) is 0 Å². The van der Waals surface area contributed by atoms with Crippen molar-refractivity contribution in [3.8, 4) is 17.2 Å². The molecule has 0 bridgehead atoms. The Morgan fingerprint density at radius 2 is 1.58 bits per heavy atom. The number of hydrogen-bond donors (Lipinski definition) is 0. The lowest BCUT2D eigenvalue weighted by molar-refractivity contribution is 0.324. The second kappa shape index (κ2) is 8.50. The van der Waals surface area contributed by atoms with Crippen LogP contribution in [0.15, 0.2) is 42.5 Å². The van der Waals surface area contributed by atoms with Crippen molar-refractivity contribution < 1.29 is 14.2 Å². The number of methoxy groups -OCH3 is 3. The molecule has 0 atom stereocenters. The Kier molecular flexibility index (Phi) is 6.38. The summed E-state index contributed by atoms with van der Waals surface area (Å²) in [7, 11) is 4.80. The predicted octanol–water partition coefficient (Wildman–Crippen LogP) is 4.71. The van der Waals surface area contributed by atoms with E-state index in [2.05, 4.69) is 31.2 Å². The fourth-order valence-corrected chi connectivity index (χ4v) is 2.63. The van der Waals surface area contributed by atoms with E-state index in [1.807, 2.05) is 24.3 Å². The van der Waals surface area contributed by atoms with Gasteiger partial charge in [-0.2, -0.15) is 0 Å². The van der Waals surface area contributed by atoms with Gasteiger partial charge in [-0.3, -0.25) is 0 Å². The number of thiocarbonyl (C=S) groups is 1. The number of hydrogen-bond acceptors (Lipinski definition) is 4. The van der Waals surface area contributed by atoms with Crippen molar-refractivity contribution in [3.63, 3.8) is 0 Å². The molecule has 0 saturated carbocycles. The molecule has 24 heavy (non-hydrogen) atoms. The lowest BCUT2D eigenvalue weighted by Crippen LogP contribution is -1.97. The first-order chi connectivity index (χ1) is 11.6. The molecule has 126 valence electrons. The Labute approximate surface area is 148 Å². The third-order valence-electron chi connectivity index (χ3n) is 3.80.